The highest BCUT2D eigenvalue weighted by atomic mass is 16.7. The van der Waals surface area contributed by atoms with Gasteiger partial charge in [-0.15, -0.1) is 0 Å². The van der Waals surface area contributed by atoms with Crippen molar-refractivity contribution in [3.8, 4) is 28.7 Å². The van der Waals surface area contributed by atoms with Crippen molar-refractivity contribution in [3.05, 3.63) is 102 Å². The van der Waals surface area contributed by atoms with Crippen LogP contribution in [0.25, 0.3) is 0 Å². The number of nitrogens with zero attached hydrogens (tertiary/aromatic N) is 2. The molecule has 2 aliphatic rings. The van der Waals surface area contributed by atoms with Crippen molar-refractivity contribution < 1.29 is 33.6 Å². The molecule has 2 heterocycles. The van der Waals surface area contributed by atoms with Crippen molar-refractivity contribution >= 4 is 23.3 Å². The van der Waals surface area contributed by atoms with Gasteiger partial charge < -0.3 is 39.6 Å². The van der Waals surface area contributed by atoms with Crippen LogP contribution in [0.15, 0.2) is 91.0 Å². The summed E-state index contributed by atoms with van der Waals surface area (Å²) in [5, 5.41) is 15.7. The summed E-state index contributed by atoms with van der Waals surface area (Å²) in [7, 11) is 2.04. The largest absolute Gasteiger partial charge is 0.488 e. The Bertz CT molecular complexity index is 1750. The van der Waals surface area contributed by atoms with Crippen LogP contribution in [-0.4, -0.2) is 72.5 Å². The number of fused-ring (bicyclic) bond motifs is 2. The molecule has 6 rings (SSSR count). The van der Waals surface area contributed by atoms with Gasteiger partial charge in [0, 0.05) is 48.6 Å². The number of para-hydroxylation sites is 1. The first kappa shape index (κ1) is 33.6. The second-order valence-corrected chi connectivity index (χ2v) is 12.6. The minimum absolute atomic E-state index is 0.0433. The molecule has 0 aliphatic carbocycles. The number of likely N-dealkylation sites (N-methyl/N-ethyl adjacent to an activating group) is 1. The van der Waals surface area contributed by atoms with Crippen LogP contribution in [0.1, 0.15) is 25.0 Å². The van der Waals surface area contributed by atoms with Crippen molar-refractivity contribution in [3.63, 3.8) is 0 Å². The molecule has 4 aromatic rings. The van der Waals surface area contributed by atoms with E-state index in [-0.39, 0.29) is 43.8 Å². The highest BCUT2D eigenvalue weighted by molar-refractivity contribution is 6.00. The van der Waals surface area contributed by atoms with E-state index in [9.17, 15) is 14.7 Å². The second kappa shape index (κ2) is 15.3. The number of hydrogen-bond donors (Lipinski definition) is 3. The summed E-state index contributed by atoms with van der Waals surface area (Å²) in [6.07, 6.45) is -0.206. The molecule has 3 atom stereocenters. The molecule has 49 heavy (non-hydrogen) atoms. The van der Waals surface area contributed by atoms with Gasteiger partial charge in [0.1, 0.15) is 23.4 Å². The van der Waals surface area contributed by atoms with E-state index >= 15 is 0 Å². The van der Waals surface area contributed by atoms with Crippen LogP contribution in [-0.2, 0) is 17.8 Å². The molecule has 0 spiro atoms. The number of anilines is 2. The number of nitrogens with one attached hydrogen (secondary N) is 2. The van der Waals surface area contributed by atoms with Gasteiger partial charge in [-0.25, -0.2) is 4.79 Å². The third-order valence-electron chi connectivity index (χ3n) is 8.65. The molecule has 0 unspecified atom stereocenters. The number of aliphatic hydroxyl groups excluding tert-OH is 1. The average Bonchev–Trinajstić information content (AvgIpc) is 3.57. The van der Waals surface area contributed by atoms with E-state index in [4.69, 9.17) is 18.9 Å². The average molecular weight is 667 g/mol. The van der Waals surface area contributed by atoms with E-state index in [0.29, 0.717) is 53.8 Å². The first-order valence-electron chi connectivity index (χ1n) is 16.4. The van der Waals surface area contributed by atoms with E-state index in [2.05, 4.69) is 34.6 Å². The summed E-state index contributed by atoms with van der Waals surface area (Å²) < 4.78 is 23.4. The van der Waals surface area contributed by atoms with Crippen LogP contribution in [0, 0.1) is 5.92 Å². The number of carbonyl (C=O) groups is 2. The fraction of sp³-hybridized carbons (Fsp3) is 0.316. The van der Waals surface area contributed by atoms with Gasteiger partial charge in [-0.2, -0.15) is 0 Å². The molecule has 11 nitrogen and oxygen atoms in total. The fourth-order valence-corrected chi connectivity index (χ4v) is 5.96. The van der Waals surface area contributed by atoms with E-state index < -0.39 is 6.03 Å². The number of benzene rings is 4. The first-order chi connectivity index (χ1) is 23.7. The molecule has 3 amide bonds. The Morgan fingerprint density at radius 2 is 1.61 bits per heavy atom. The molecule has 0 saturated carbocycles. The molecule has 0 aromatic heterocycles. The number of amides is 3. The molecule has 2 aliphatic heterocycles. The Hall–Kier alpha value is -5.26. The van der Waals surface area contributed by atoms with Gasteiger partial charge in [0.15, 0.2) is 11.5 Å². The predicted molar refractivity (Wildman–Crippen MR) is 186 cm³/mol. The van der Waals surface area contributed by atoms with Gasteiger partial charge in [-0.1, -0.05) is 37.3 Å². The Morgan fingerprint density at radius 3 is 2.35 bits per heavy atom. The van der Waals surface area contributed by atoms with Gasteiger partial charge >= 0.3 is 6.03 Å². The Labute approximate surface area is 286 Å². The summed E-state index contributed by atoms with van der Waals surface area (Å²) in [6.45, 7) is 5.61. The maximum atomic E-state index is 13.6. The lowest BCUT2D eigenvalue weighted by Gasteiger charge is -2.34. The highest BCUT2D eigenvalue weighted by Gasteiger charge is 2.31. The summed E-state index contributed by atoms with van der Waals surface area (Å²) >= 11 is 0. The van der Waals surface area contributed by atoms with Crippen LogP contribution < -0.4 is 29.6 Å². The molecule has 256 valence electrons. The highest BCUT2D eigenvalue weighted by Crippen LogP contribution is 2.34. The van der Waals surface area contributed by atoms with Crippen molar-refractivity contribution in [2.75, 3.05) is 44.2 Å². The molecule has 11 heteroatoms. The first-order valence-corrected chi connectivity index (χ1v) is 16.4. The van der Waals surface area contributed by atoms with E-state index in [0.717, 1.165) is 17.1 Å². The van der Waals surface area contributed by atoms with Gasteiger partial charge in [-0.05, 0) is 74.1 Å². The predicted octanol–water partition coefficient (Wildman–Crippen LogP) is 6.13. The minimum atomic E-state index is -0.447. The van der Waals surface area contributed by atoms with Crippen LogP contribution in [0.4, 0.5) is 16.2 Å². The third kappa shape index (κ3) is 8.62. The van der Waals surface area contributed by atoms with E-state index in [1.807, 2.05) is 56.4 Å². The third-order valence-corrected chi connectivity index (χ3v) is 8.65. The van der Waals surface area contributed by atoms with Crippen molar-refractivity contribution in [1.29, 1.82) is 0 Å². The molecule has 0 fully saturated rings. The minimum Gasteiger partial charge on any atom is -0.488 e. The second-order valence-electron chi connectivity index (χ2n) is 12.6. The van der Waals surface area contributed by atoms with E-state index in [1.54, 1.807) is 41.3 Å². The lowest BCUT2D eigenvalue weighted by atomic mass is 10.0. The van der Waals surface area contributed by atoms with Crippen LogP contribution in [0.5, 0.6) is 28.7 Å². The molecule has 0 saturated heterocycles. The van der Waals surface area contributed by atoms with Crippen LogP contribution >= 0.6 is 0 Å². The summed E-state index contributed by atoms with van der Waals surface area (Å²) in [4.78, 5) is 30.5. The Balaban J connectivity index is 1.15. The smallest absolute Gasteiger partial charge is 0.323 e. The lowest BCUT2D eigenvalue weighted by Crippen LogP contribution is -2.47. The van der Waals surface area contributed by atoms with Crippen molar-refractivity contribution in [1.82, 2.24) is 9.80 Å². The zero-order valence-corrected chi connectivity index (χ0v) is 27.9. The molecular weight excluding hydrogens is 624 g/mol. The molecule has 4 aromatic carbocycles. The number of hydrogen-bond acceptors (Lipinski definition) is 8. The number of carbonyl (C=O) groups excluding carboxylic acids is 2. The molecule has 3 N–H and O–H groups in total. The zero-order chi connectivity index (χ0) is 34.3. The molecular formula is C38H42N4O7. The van der Waals surface area contributed by atoms with Crippen LogP contribution in [0.2, 0.25) is 0 Å². The maximum Gasteiger partial charge on any atom is 0.323 e. The SMILES string of the molecule is C[C@H]1CN([C@@H](C)CO)C(=O)Cc2cc(NC(=O)Nc3ccc4c(c3)OCO4)ccc2O[C@H]1CN(C)Cc1ccc(Oc2ccccc2)cc1. The lowest BCUT2D eigenvalue weighted by molar-refractivity contribution is -0.134. The van der Waals surface area contributed by atoms with Gasteiger partial charge in [0.05, 0.1) is 19.1 Å². The van der Waals surface area contributed by atoms with Crippen molar-refractivity contribution in [2.45, 2.75) is 39.0 Å². The topological polar surface area (TPSA) is 122 Å². The summed E-state index contributed by atoms with van der Waals surface area (Å²) in [5.74, 6) is 3.17. The quantitative estimate of drug-likeness (QED) is 0.185. The number of rotatable bonds is 10. The van der Waals surface area contributed by atoms with E-state index in [1.165, 1.54) is 0 Å². The fourth-order valence-electron chi connectivity index (χ4n) is 5.96. The Kier molecular flexibility index (Phi) is 10.5. The monoisotopic (exact) mass is 666 g/mol. The van der Waals surface area contributed by atoms with Crippen LogP contribution in [0.3, 0.4) is 0 Å². The zero-order valence-electron chi connectivity index (χ0n) is 27.9. The molecule has 0 radical (unpaired) electrons. The normalized spacial score (nSPS) is 17.7. The van der Waals surface area contributed by atoms with Gasteiger partial charge in [0.25, 0.3) is 0 Å². The van der Waals surface area contributed by atoms with Gasteiger partial charge in [0.2, 0.25) is 12.7 Å². The summed E-state index contributed by atoms with van der Waals surface area (Å²) in [5.41, 5.74) is 2.83. The van der Waals surface area contributed by atoms with Crippen molar-refractivity contribution in [2.24, 2.45) is 5.92 Å². The summed E-state index contributed by atoms with van der Waals surface area (Å²) in [6, 6.07) is 27.4. The number of aliphatic hydroxyl groups is 1. The maximum absolute atomic E-state index is 13.6. The molecule has 0 bridgehead atoms. The Morgan fingerprint density at radius 1 is 0.939 bits per heavy atom. The standard InChI is InChI=1S/C38H42N4O7/c1-25-20-42(26(2)23-43)37(44)18-28-17-29(39-38(45)40-30-12-16-34-35(19-30)47-24-46-34)11-15-33(28)49-36(25)22-41(3)21-27-9-13-32(14-10-27)48-31-7-5-4-6-8-31/h4-17,19,25-26,36,43H,18,20-24H2,1-3H3,(H2,39,40,45)/t25-,26-,36-/m0/s1. The number of ether oxygens (including phenoxy) is 4. The number of urea groups is 1. The van der Waals surface area contributed by atoms with Gasteiger partial charge in [-0.3, -0.25) is 9.69 Å².